The second kappa shape index (κ2) is 2.76. The maximum atomic E-state index is 10.6. The van der Waals surface area contributed by atoms with Crippen LogP contribution in [0.1, 0.15) is 24.5 Å². The Hall–Kier alpha value is -1.52. The maximum absolute atomic E-state index is 10.6. The average Bonchev–Trinajstić information content (AvgIpc) is 2.79. The van der Waals surface area contributed by atoms with E-state index in [1.165, 1.54) is 12.8 Å². The Balaban J connectivity index is 2.19. The molecule has 13 heavy (non-hydrogen) atoms. The molecule has 1 fully saturated rings. The van der Waals surface area contributed by atoms with Crippen molar-refractivity contribution >= 4 is 11.8 Å². The molecule has 1 aliphatic rings. The van der Waals surface area contributed by atoms with Gasteiger partial charge in [0.2, 0.25) is 0 Å². The summed E-state index contributed by atoms with van der Waals surface area (Å²) >= 11 is 0. The van der Waals surface area contributed by atoms with Crippen LogP contribution in [0.25, 0.3) is 0 Å². The van der Waals surface area contributed by atoms with Crippen molar-refractivity contribution in [2.45, 2.75) is 18.8 Å². The van der Waals surface area contributed by atoms with Crippen LogP contribution in [0.4, 0.5) is 10.6 Å². The third-order valence-corrected chi connectivity index (χ3v) is 2.15. The number of carbonyl (C=O) groups is 1. The second-order valence-corrected chi connectivity index (χ2v) is 3.34. The highest BCUT2D eigenvalue weighted by molar-refractivity contribution is 5.86. The first kappa shape index (κ1) is 8.10. The first-order chi connectivity index (χ1) is 6.16. The summed E-state index contributed by atoms with van der Waals surface area (Å²) in [6, 6.07) is 1.33. The number of nitrogens with one attached hydrogen (secondary N) is 1. The van der Waals surface area contributed by atoms with E-state index in [0.717, 1.165) is 5.69 Å². The lowest BCUT2D eigenvalue weighted by Crippen LogP contribution is -2.20. The van der Waals surface area contributed by atoms with Crippen LogP contribution in [-0.2, 0) is 7.05 Å². The van der Waals surface area contributed by atoms with Crippen molar-refractivity contribution in [2.75, 3.05) is 5.32 Å². The fourth-order valence-electron chi connectivity index (χ4n) is 1.31. The van der Waals surface area contributed by atoms with Gasteiger partial charge in [0.05, 0.1) is 5.69 Å². The highest BCUT2D eigenvalue weighted by Crippen LogP contribution is 2.39. The minimum atomic E-state index is -0.551. The lowest BCUT2D eigenvalue weighted by atomic mass is 10.3. The number of nitrogens with zero attached hydrogens (tertiary/aromatic N) is 2. The van der Waals surface area contributed by atoms with Crippen LogP contribution in [0.15, 0.2) is 6.07 Å². The van der Waals surface area contributed by atoms with E-state index in [2.05, 4.69) is 10.4 Å². The summed E-state index contributed by atoms with van der Waals surface area (Å²) < 4.78 is 1.64. The SMILES string of the molecule is Cn1nc(C2CC2)cc1NC(N)=O. The number of anilines is 1. The van der Waals surface area contributed by atoms with Gasteiger partial charge >= 0.3 is 6.03 Å². The van der Waals surface area contributed by atoms with Crippen molar-refractivity contribution in [3.63, 3.8) is 0 Å². The van der Waals surface area contributed by atoms with Crippen molar-refractivity contribution in [3.8, 4) is 0 Å². The number of nitrogens with two attached hydrogens (primary N) is 1. The predicted molar refractivity (Wildman–Crippen MR) is 48.4 cm³/mol. The summed E-state index contributed by atoms with van der Waals surface area (Å²) in [6.45, 7) is 0. The zero-order chi connectivity index (χ0) is 9.42. The van der Waals surface area contributed by atoms with Crippen LogP contribution in [0.3, 0.4) is 0 Å². The van der Waals surface area contributed by atoms with Gasteiger partial charge in [0.1, 0.15) is 5.82 Å². The van der Waals surface area contributed by atoms with Gasteiger partial charge in [-0.15, -0.1) is 0 Å². The highest BCUT2D eigenvalue weighted by Gasteiger charge is 2.26. The second-order valence-electron chi connectivity index (χ2n) is 3.34. The molecule has 0 aromatic carbocycles. The molecule has 3 N–H and O–H groups in total. The summed E-state index contributed by atoms with van der Waals surface area (Å²) in [5, 5.41) is 6.79. The lowest BCUT2D eigenvalue weighted by Gasteiger charge is -1.99. The number of urea groups is 1. The minimum Gasteiger partial charge on any atom is -0.351 e. The van der Waals surface area contributed by atoms with Gasteiger partial charge in [0, 0.05) is 19.0 Å². The fourth-order valence-corrected chi connectivity index (χ4v) is 1.31. The molecule has 5 nitrogen and oxygen atoms in total. The number of carbonyl (C=O) groups excluding carboxylic acids is 1. The van der Waals surface area contributed by atoms with Crippen LogP contribution >= 0.6 is 0 Å². The van der Waals surface area contributed by atoms with Crippen LogP contribution in [0, 0.1) is 0 Å². The Morgan fingerprint density at radius 2 is 2.46 bits per heavy atom. The van der Waals surface area contributed by atoms with E-state index in [1.54, 1.807) is 11.7 Å². The molecule has 70 valence electrons. The molecule has 0 aliphatic heterocycles. The molecule has 1 aliphatic carbocycles. The van der Waals surface area contributed by atoms with Gasteiger partial charge in [-0.05, 0) is 12.8 Å². The van der Waals surface area contributed by atoms with Gasteiger partial charge < -0.3 is 5.73 Å². The Bertz CT molecular complexity index is 340. The number of aryl methyl sites for hydroxylation is 1. The molecule has 0 saturated heterocycles. The van der Waals surface area contributed by atoms with Crippen LogP contribution < -0.4 is 11.1 Å². The van der Waals surface area contributed by atoms with Gasteiger partial charge in [-0.25, -0.2) is 4.79 Å². The van der Waals surface area contributed by atoms with Crippen molar-refractivity contribution in [2.24, 2.45) is 12.8 Å². The first-order valence-electron chi connectivity index (χ1n) is 4.27. The highest BCUT2D eigenvalue weighted by atomic mass is 16.2. The minimum absolute atomic E-state index is 0.551. The van der Waals surface area contributed by atoms with Crippen molar-refractivity contribution in [3.05, 3.63) is 11.8 Å². The lowest BCUT2D eigenvalue weighted by molar-refractivity contribution is 0.259. The number of rotatable bonds is 2. The molecule has 1 saturated carbocycles. The quantitative estimate of drug-likeness (QED) is 0.706. The molecule has 5 heteroatoms. The largest absolute Gasteiger partial charge is 0.351 e. The zero-order valence-corrected chi connectivity index (χ0v) is 7.45. The van der Waals surface area contributed by atoms with E-state index in [1.807, 2.05) is 6.07 Å². The predicted octanol–water partition coefficient (Wildman–Crippen LogP) is 0.788. The van der Waals surface area contributed by atoms with Gasteiger partial charge in [-0.3, -0.25) is 10.00 Å². The molecule has 0 radical (unpaired) electrons. The molecule has 2 rings (SSSR count). The van der Waals surface area contributed by atoms with E-state index in [-0.39, 0.29) is 0 Å². The van der Waals surface area contributed by atoms with Gasteiger partial charge in [0.15, 0.2) is 0 Å². The summed E-state index contributed by atoms with van der Waals surface area (Å²) in [4.78, 5) is 10.6. The smallest absolute Gasteiger partial charge is 0.317 e. The maximum Gasteiger partial charge on any atom is 0.317 e. The molecule has 1 aromatic rings. The number of amides is 2. The first-order valence-corrected chi connectivity index (χ1v) is 4.27. The molecule has 2 amide bonds. The zero-order valence-electron chi connectivity index (χ0n) is 7.45. The molecular weight excluding hydrogens is 168 g/mol. The number of hydrogen-bond donors (Lipinski definition) is 2. The Labute approximate surface area is 75.9 Å². The Morgan fingerprint density at radius 3 is 3.00 bits per heavy atom. The van der Waals surface area contributed by atoms with Crippen molar-refractivity contribution in [1.82, 2.24) is 9.78 Å². The van der Waals surface area contributed by atoms with E-state index in [0.29, 0.717) is 11.7 Å². The number of hydrogen-bond acceptors (Lipinski definition) is 2. The van der Waals surface area contributed by atoms with Crippen LogP contribution in [0.5, 0.6) is 0 Å². The van der Waals surface area contributed by atoms with E-state index >= 15 is 0 Å². The molecule has 0 atom stereocenters. The van der Waals surface area contributed by atoms with Crippen molar-refractivity contribution < 1.29 is 4.79 Å². The summed E-state index contributed by atoms with van der Waals surface area (Å²) in [5.41, 5.74) is 6.05. The Morgan fingerprint density at radius 1 is 1.77 bits per heavy atom. The topological polar surface area (TPSA) is 72.9 Å². The molecule has 1 aromatic heterocycles. The number of aromatic nitrogens is 2. The van der Waals surface area contributed by atoms with E-state index in [4.69, 9.17) is 5.73 Å². The van der Waals surface area contributed by atoms with Gasteiger partial charge in [-0.2, -0.15) is 5.10 Å². The molecular formula is C8H12N4O. The van der Waals surface area contributed by atoms with Gasteiger partial charge in [0.25, 0.3) is 0 Å². The normalized spacial score (nSPS) is 15.8. The monoisotopic (exact) mass is 180 g/mol. The van der Waals surface area contributed by atoms with Crippen molar-refractivity contribution in [1.29, 1.82) is 0 Å². The molecule has 0 bridgehead atoms. The van der Waals surface area contributed by atoms with Crippen LogP contribution in [0.2, 0.25) is 0 Å². The third kappa shape index (κ3) is 1.63. The summed E-state index contributed by atoms with van der Waals surface area (Å²) in [5.74, 6) is 1.25. The van der Waals surface area contributed by atoms with Crippen LogP contribution in [-0.4, -0.2) is 15.8 Å². The third-order valence-electron chi connectivity index (χ3n) is 2.15. The average molecular weight is 180 g/mol. The molecule has 1 heterocycles. The molecule has 0 spiro atoms. The van der Waals surface area contributed by atoms with Gasteiger partial charge in [-0.1, -0.05) is 0 Å². The summed E-state index contributed by atoms with van der Waals surface area (Å²) in [7, 11) is 1.79. The Kier molecular flexibility index (Phi) is 1.72. The van der Waals surface area contributed by atoms with E-state index in [9.17, 15) is 4.79 Å². The fraction of sp³-hybridized carbons (Fsp3) is 0.500. The summed E-state index contributed by atoms with van der Waals surface area (Å²) in [6.07, 6.45) is 2.40. The standard InChI is InChI=1S/C8H12N4O/c1-12-7(10-8(9)13)4-6(11-12)5-2-3-5/h4-5H,2-3H2,1H3,(H3,9,10,13). The van der Waals surface area contributed by atoms with E-state index < -0.39 is 6.03 Å². The number of primary amides is 1. The molecule has 0 unspecified atom stereocenters.